The van der Waals surface area contributed by atoms with Crippen molar-refractivity contribution in [3.05, 3.63) is 58.1 Å². The molecule has 5 nitrogen and oxygen atoms in total. The minimum Gasteiger partial charge on any atom is -0.497 e. The first-order valence-corrected chi connectivity index (χ1v) is 9.11. The fourth-order valence-electron chi connectivity index (χ4n) is 2.53. The van der Waals surface area contributed by atoms with Gasteiger partial charge in [0.2, 0.25) is 11.8 Å². The minimum absolute atomic E-state index is 0.0203. The van der Waals surface area contributed by atoms with Gasteiger partial charge in [-0.3, -0.25) is 9.59 Å². The number of hydrogen-bond acceptors (Lipinski definition) is 3. The van der Waals surface area contributed by atoms with Gasteiger partial charge in [0, 0.05) is 23.6 Å². The maximum atomic E-state index is 12.3. The number of carbonyl (C=O) groups is 2. The van der Waals surface area contributed by atoms with Gasteiger partial charge in [0.25, 0.3) is 0 Å². The second-order valence-electron chi connectivity index (χ2n) is 6.11. The van der Waals surface area contributed by atoms with Crippen molar-refractivity contribution in [3.63, 3.8) is 0 Å². The molecular weight excluding hydrogens is 396 g/mol. The third-order valence-corrected chi connectivity index (χ3v) is 4.52. The number of halogens is 1. The quantitative estimate of drug-likeness (QED) is 0.743. The Morgan fingerprint density at radius 3 is 2.65 bits per heavy atom. The number of aryl methyl sites for hydroxylation is 2. The number of carbonyl (C=O) groups excluding carboxylic acids is 2. The summed E-state index contributed by atoms with van der Waals surface area (Å²) < 4.78 is 6.14. The van der Waals surface area contributed by atoms with E-state index in [2.05, 4.69) is 21.2 Å². The molecule has 0 aliphatic carbocycles. The zero-order valence-corrected chi connectivity index (χ0v) is 16.8. The van der Waals surface area contributed by atoms with Crippen molar-refractivity contribution in [2.75, 3.05) is 26.0 Å². The van der Waals surface area contributed by atoms with Crippen LogP contribution in [0.1, 0.15) is 17.5 Å². The molecule has 6 heteroatoms. The van der Waals surface area contributed by atoms with Crippen LogP contribution in [0.3, 0.4) is 0 Å². The SMILES string of the molecule is COc1cccc(CCC(=O)N(C)CC(=O)Nc2ccc(Br)cc2C)c1. The average Bonchev–Trinajstić information content (AvgIpc) is 2.62. The molecule has 0 radical (unpaired) electrons. The summed E-state index contributed by atoms with van der Waals surface area (Å²) in [4.78, 5) is 25.9. The Morgan fingerprint density at radius 1 is 1.19 bits per heavy atom. The highest BCUT2D eigenvalue weighted by molar-refractivity contribution is 9.10. The first kappa shape index (κ1) is 20.0. The monoisotopic (exact) mass is 418 g/mol. The number of likely N-dealkylation sites (N-methyl/N-ethyl adjacent to an activating group) is 1. The Bertz CT molecular complexity index is 792. The molecule has 26 heavy (non-hydrogen) atoms. The Morgan fingerprint density at radius 2 is 1.96 bits per heavy atom. The third-order valence-electron chi connectivity index (χ3n) is 4.03. The van der Waals surface area contributed by atoms with Crippen molar-refractivity contribution in [3.8, 4) is 5.75 Å². The van der Waals surface area contributed by atoms with Crippen molar-refractivity contribution in [1.82, 2.24) is 4.90 Å². The number of methoxy groups -OCH3 is 1. The van der Waals surface area contributed by atoms with Crippen LogP contribution >= 0.6 is 15.9 Å². The number of rotatable bonds is 7. The van der Waals surface area contributed by atoms with E-state index in [1.165, 1.54) is 4.90 Å². The molecule has 1 N–H and O–H groups in total. The van der Waals surface area contributed by atoms with Crippen LogP contribution in [0.25, 0.3) is 0 Å². The van der Waals surface area contributed by atoms with Gasteiger partial charge in [-0.1, -0.05) is 28.1 Å². The Balaban J connectivity index is 1.84. The summed E-state index contributed by atoms with van der Waals surface area (Å²) in [5.41, 5.74) is 2.73. The summed E-state index contributed by atoms with van der Waals surface area (Å²) in [7, 11) is 3.26. The van der Waals surface area contributed by atoms with E-state index in [9.17, 15) is 9.59 Å². The van der Waals surface area contributed by atoms with Gasteiger partial charge in [0.05, 0.1) is 13.7 Å². The number of nitrogens with one attached hydrogen (secondary N) is 1. The summed E-state index contributed by atoms with van der Waals surface area (Å²) in [6, 6.07) is 13.3. The van der Waals surface area contributed by atoms with E-state index in [1.807, 2.05) is 49.4 Å². The highest BCUT2D eigenvalue weighted by atomic mass is 79.9. The molecule has 0 atom stereocenters. The van der Waals surface area contributed by atoms with Crippen LogP contribution in [-0.2, 0) is 16.0 Å². The number of amides is 2. The lowest BCUT2D eigenvalue weighted by Gasteiger charge is -2.17. The van der Waals surface area contributed by atoms with Gasteiger partial charge in [-0.15, -0.1) is 0 Å². The molecule has 0 aliphatic heterocycles. The first-order valence-electron chi connectivity index (χ1n) is 8.32. The Kier molecular flexibility index (Phi) is 7.21. The van der Waals surface area contributed by atoms with Gasteiger partial charge in [-0.2, -0.15) is 0 Å². The standard InChI is InChI=1S/C20H23BrN2O3/c1-14-11-16(21)8-9-18(14)22-19(24)13-23(2)20(25)10-7-15-5-4-6-17(12-15)26-3/h4-6,8-9,11-12H,7,10,13H2,1-3H3,(H,22,24). The van der Waals surface area contributed by atoms with Crippen LogP contribution in [0.15, 0.2) is 46.9 Å². The maximum absolute atomic E-state index is 12.3. The van der Waals surface area contributed by atoms with Gasteiger partial charge in [-0.25, -0.2) is 0 Å². The van der Waals surface area contributed by atoms with E-state index in [0.29, 0.717) is 12.8 Å². The van der Waals surface area contributed by atoms with Gasteiger partial charge in [-0.05, 0) is 54.8 Å². The largest absolute Gasteiger partial charge is 0.497 e. The summed E-state index contributed by atoms with van der Waals surface area (Å²) in [6.45, 7) is 1.94. The lowest BCUT2D eigenvalue weighted by atomic mass is 10.1. The summed E-state index contributed by atoms with van der Waals surface area (Å²) in [5.74, 6) is 0.482. The molecule has 2 amide bonds. The zero-order valence-electron chi connectivity index (χ0n) is 15.2. The lowest BCUT2D eigenvalue weighted by Crippen LogP contribution is -2.35. The molecule has 0 saturated carbocycles. The normalized spacial score (nSPS) is 10.3. The predicted molar refractivity (Wildman–Crippen MR) is 106 cm³/mol. The number of benzene rings is 2. The number of ether oxygens (including phenoxy) is 1. The second-order valence-corrected chi connectivity index (χ2v) is 7.02. The number of anilines is 1. The van der Waals surface area contributed by atoms with Crippen molar-refractivity contribution in [2.24, 2.45) is 0 Å². The molecule has 2 rings (SSSR count). The van der Waals surface area contributed by atoms with E-state index in [4.69, 9.17) is 4.74 Å². The van der Waals surface area contributed by atoms with Gasteiger partial charge >= 0.3 is 0 Å². The molecule has 0 aliphatic rings. The molecule has 0 aromatic heterocycles. The van der Waals surface area contributed by atoms with Crippen LogP contribution in [0.5, 0.6) is 5.75 Å². The van der Waals surface area contributed by atoms with Gasteiger partial charge in [0.15, 0.2) is 0 Å². The predicted octanol–water partition coefficient (Wildman–Crippen LogP) is 3.80. The zero-order chi connectivity index (χ0) is 19.1. The van der Waals surface area contributed by atoms with Crippen molar-refractivity contribution in [1.29, 1.82) is 0 Å². The fraction of sp³-hybridized carbons (Fsp3) is 0.300. The minimum atomic E-state index is -0.215. The van der Waals surface area contributed by atoms with Gasteiger partial charge in [0.1, 0.15) is 5.75 Å². The van der Waals surface area contributed by atoms with E-state index in [1.54, 1.807) is 14.2 Å². The molecule has 0 unspecified atom stereocenters. The fourth-order valence-corrected chi connectivity index (χ4v) is 3.01. The molecule has 0 fully saturated rings. The Labute approximate surface area is 162 Å². The highest BCUT2D eigenvalue weighted by Crippen LogP contribution is 2.20. The van der Waals surface area contributed by atoms with Crippen LogP contribution < -0.4 is 10.1 Å². The van der Waals surface area contributed by atoms with E-state index < -0.39 is 0 Å². The van der Waals surface area contributed by atoms with Crippen molar-refractivity contribution in [2.45, 2.75) is 19.8 Å². The summed E-state index contributed by atoms with van der Waals surface area (Å²) in [6.07, 6.45) is 0.946. The average molecular weight is 419 g/mol. The first-order chi connectivity index (χ1) is 12.4. The van der Waals surface area contributed by atoms with E-state index >= 15 is 0 Å². The maximum Gasteiger partial charge on any atom is 0.243 e. The Hall–Kier alpha value is -2.34. The molecule has 138 valence electrons. The van der Waals surface area contributed by atoms with Crippen molar-refractivity contribution < 1.29 is 14.3 Å². The summed E-state index contributed by atoms with van der Waals surface area (Å²) >= 11 is 3.39. The smallest absolute Gasteiger partial charge is 0.243 e. The molecule has 0 heterocycles. The third kappa shape index (κ3) is 5.88. The van der Waals surface area contributed by atoms with Crippen LogP contribution in [0, 0.1) is 6.92 Å². The van der Waals surface area contributed by atoms with E-state index in [-0.39, 0.29) is 18.4 Å². The van der Waals surface area contributed by atoms with Crippen LogP contribution in [0.4, 0.5) is 5.69 Å². The molecule has 2 aromatic carbocycles. The molecule has 0 saturated heterocycles. The van der Waals surface area contributed by atoms with Crippen LogP contribution in [-0.4, -0.2) is 37.4 Å². The number of nitrogens with zero attached hydrogens (tertiary/aromatic N) is 1. The molecular formula is C20H23BrN2O3. The van der Waals surface area contributed by atoms with E-state index in [0.717, 1.165) is 27.0 Å². The summed E-state index contributed by atoms with van der Waals surface area (Å²) in [5, 5.41) is 2.84. The molecule has 2 aromatic rings. The lowest BCUT2D eigenvalue weighted by molar-refractivity contribution is -0.133. The topological polar surface area (TPSA) is 58.6 Å². The second kappa shape index (κ2) is 9.38. The number of hydrogen-bond donors (Lipinski definition) is 1. The highest BCUT2D eigenvalue weighted by Gasteiger charge is 2.14. The van der Waals surface area contributed by atoms with Crippen LogP contribution in [0.2, 0.25) is 0 Å². The van der Waals surface area contributed by atoms with Gasteiger partial charge < -0.3 is 15.0 Å². The van der Waals surface area contributed by atoms with Crippen molar-refractivity contribution >= 4 is 33.4 Å². The molecule has 0 spiro atoms. The molecule has 0 bridgehead atoms.